The maximum absolute atomic E-state index is 13.4. The smallest absolute Gasteiger partial charge is 0.123 e. The Morgan fingerprint density at radius 3 is 2.64 bits per heavy atom. The lowest BCUT2D eigenvalue weighted by Crippen LogP contribution is -2.35. The Balaban J connectivity index is 2.07. The van der Waals surface area contributed by atoms with Gasteiger partial charge in [-0.3, -0.25) is 4.90 Å². The Morgan fingerprint density at radius 1 is 1.16 bits per heavy atom. The summed E-state index contributed by atoms with van der Waals surface area (Å²) in [5, 5.41) is 10.2. The molecule has 0 amide bonds. The van der Waals surface area contributed by atoms with E-state index < -0.39 is 0 Å². The summed E-state index contributed by atoms with van der Waals surface area (Å²) in [4.78, 5) is 2.32. The Kier molecular flexibility index (Phi) is 7.66. The minimum atomic E-state index is -0.282. The normalized spacial score (nSPS) is 12.9. The van der Waals surface area contributed by atoms with Gasteiger partial charge in [0, 0.05) is 38.1 Å². The predicted molar refractivity (Wildman–Crippen MR) is 101 cm³/mol. The molecule has 0 aliphatic heterocycles. The van der Waals surface area contributed by atoms with Crippen LogP contribution in [0.3, 0.4) is 0 Å². The summed E-state index contributed by atoms with van der Waals surface area (Å²) in [5.41, 5.74) is 2.15. The minimum Gasteiger partial charge on any atom is -0.392 e. The van der Waals surface area contributed by atoms with Crippen LogP contribution in [0.25, 0.3) is 0 Å². The standard InChI is InChI=1S/C21H31FN2O/c1-4-7-21(25)16-23(13-17(2)3)15-20-10-6-11-24(20)14-18-8-5-9-19(22)12-18/h5-6,8-12,17,21,25H,4,7,13-16H2,1-3H3/t21-/m0/s1. The van der Waals surface area contributed by atoms with E-state index in [0.29, 0.717) is 19.0 Å². The molecule has 2 rings (SSSR count). The highest BCUT2D eigenvalue weighted by atomic mass is 19.1. The highest BCUT2D eigenvalue weighted by molar-refractivity contribution is 5.18. The van der Waals surface area contributed by atoms with Crippen LogP contribution in [0.1, 0.15) is 44.9 Å². The summed E-state index contributed by atoms with van der Waals surface area (Å²) < 4.78 is 15.6. The first-order valence-corrected chi connectivity index (χ1v) is 9.26. The number of halogens is 1. The topological polar surface area (TPSA) is 28.4 Å². The van der Waals surface area contributed by atoms with Crippen LogP contribution in [0.4, 0.5) is 4.39 Å². The number of hydrogen-bond acceptors (Lipinski definition) is 2. The zero-order valence-electron chi connectivity index (χ0n) is 15.7. The van der Waals surface area contributed by atoms with Gasteiger partial charge in [-0.05, 0) is 42.2 Å². The zero-order valence-corrected chi connectivity index (χ0v) is 15.7. The Hall–Kier alpha value is -1.65. The first-order chi connectivity index (χ1) is 12.0. The first kappa shape index (κ1) is 19.7. The number of aliphatic hydroxyl groups is 1. The van der Waals surface area contributed by atoms with Gasteiger partial charge in [0.05, 0.1) is 6.10 Å². The molecule has 138 valence electrons. The number of rotatable bonds is 10. The molecule has 0 bridgehead atoms. The van der Waals surface area contributed by atoms with Gasteiger partial charge in [0.2, 0.25) is 0 Å². The van der Waals surface area contributed by atoms with E-state index in [2.05, 4.69) is 36.3 Å². The van der Waals surface area contributed by atoms with E-state index in [4.69, 9.17) is 0 Å². The number of aromatic nitrogens is 1. The summed E-state index contributed by atoms with van der Waals surface area (Å²) in [6.45, 7) is 9.59. The van der Waals surface area contributed by atoms with Crippen LogP contribution in [-0.4, -0.2) is 33.8 Å². The highest BCUT2D eigenvalue weighted by Gasteiger charge is 2.15. The summed E-state index contributed by atoms with van der Waals surface area (Å²) in [7, 11) is 0. The van der Waals surface area contributed by atoms with Crippen molar-refractivity contribution in [2.24, 2.45) is 5.92 Å². The van der Waals surface area contributed by atoms with Crippen LogP contribution >= 0.6 is 0 Å². The van der Waals surface area contributed by atoms with Gasteiger partial charge >= 0.3 is 0 Å². The molecule has 0 aliphatic carbocycles. The average Bonchev–Trinajstić information content (AvgIpc) is 2.93. The van der Waals surface area contributed by atoms with Crippen molar-refractivity contribution in [3.63, 3.8) is 0 Å². The van der Waals surface area contributed by atoms with Gasteiger partial charge in [-0.25, -0.2) is 4.39 Å². The van der Waals surface area contributed by atoms with Gasteiger partial charge in [-0.2, -0.15) is 0 Å². The van der Waals surface area contributed by atoms with Crippen molar-refractivity contribution in [2.45, 2.75) is 52.8 Å². The van der Waals surface area contributed by atoms with Gasteiger partial charge in [-0.1, -0.05) is 39.3 Å². The molecule has 1 atom stereocenters. The monoisotopic (exact) mass is 346 g/mol. The van der Waals surface area contributed by atoms with Gasteiger partial charge < -0.3 is 9.67 Å². The van der Waals surface area contributed by atoms with Gasteiger partial charge in [0.25, 0.3) is 0 Å². The average molecular weight is 346 g/mol. The van der Waals surface area contributed by atoms with Crippen LogP contribution in [0.2, 0.25) is 0 Å². The number of aliphatic hydroxyl groups excluding tert-OH is 1. The summed E-state index contributed by atoms with van der Waals surface area (Å²) in [6, 6.07) is 10.9. The molecule has 0 unspecified atom stereocenters. The number of nitrogens with zero attached hydrogens (tertiary/aromatic N) is 2. The maximum atomic E-state index is 13.4. The van der Waals surface area contributed by atoms with Crippen LogP contribution in [-0.2, 0) is 13.1 Å². The van der Waals surface area contributed by atoms with Crippen LogP contribution < -0.4 is 0 Å². The van der Waals surface area contributed by atoms with E-state index in [9.17, 15) is 9.50 Å². The molecule has 0 saturated carbocycles. The first-order valence-electron chi connectivity index (χ1n) is 9.26. The lowest BCUT2D eigenvalue weighted by molar-refractivity contribution is 0.0932. The van der Waals surface area contributed by atoms with E-state index in [-0.39, 0.29) is 11.9 Å². The molecule has 1 aromatic heterocycles. The molecule has 1 aromatic carbocycles. The van der Waals surface area contributed by atoms with E-state index in [1.165, 1.54) is 11.8 Å². The fourth-order valence-corrected chi connectivity index (χ4v) is 3.25. The second-order valence-electron chi connectivity index (χ2n) is 7.29. The molecule has 0 aliphatic rings. The van der Waals surface area contributed by atoms with E-state index in [1.54, 1.807) is 12.1 Å². The Labute approximate surface area is 151 Å². The molecule has 4 heteroatoms. The molecular weight excluding hydrogens is 315 g/mol. The van der Waals surface area contributed by atoms with E-state index in [1.807, 2.05) is 18.3 Å². The van der Waals surface area contributed by atoms with Crippen molar-refractivity contribution < 1.29 is 9.50 Å². The molecule has 1 N–H and O–H groups in total. The van der Waals surface area contributed by atoms with Crippen LogP contribution in [0.15, 0.2) is 42.6 Å². The van der Waals surface area contributed by atoms with E-state index in [0.717, 1.165) is 31.5 Å². The lowest BCUT2D eigenvalue weighted by Gasteiger charge is -2.27. The van der Waals surface area contributed by atoms with E-state index >= 15 is 0 Å². The van der Waals surface area contributed by atoms with Crippen molar-refractivity contribution in [3.8, 4) is 0 Å². The molecule has 0 radical (unpaired) electrons. The van der Waals surface area contributed by atoms with Crippen molar-refractivity contribution >= 4 is 0 Å². The largest absolute Gasteiger partial charge is 0.392 e. The number of benzene rings is 1. The van der Waals surface area contributed by atoms with Crippen molar-refractivity contribution in [1.29, 1.82) is 0 Å². The van der Waals surface area contributed by atoms with Gasteiger partial charge in [0.1, 0.15) is 5.82 Å². The lowest BCUT2D eigenvalue weighted by atomic mass is 10.1. The predicted octanol–water partition coefficient (Wildman–Crippen LogP) is 4.29. The molecule has 0 fully saturated rings. The van der Waals surface area contributed by atoms with Crippen molar-refractivity contribution in [3.05, 3.63) is 59.7 Å². The third kappa shape index (κ3) is 6.63. The van der Waals surface area contributed by atoms with Gasteiger partial charge in [0.15, 0.2) is 0 Å². The van der Waals surface area contributed by atoms with Crippen LogP contribution in [0.5, 0.6) is 0 Å². The van der Waals surface area contributed by atoms with Crippen LogP contribution in [0, 0.1) is 11.7 Å². The minimum absolute atomic E-state index is 0.199. The van der Waals surface area contributed by atoms with Crippen molar-refractivity contribution in [1.82, 2.24) is 9.47 Å². The molecule has 0 saturated heterocycles. The zero-order chi connectivity index (χ0) is 18.2. The van der Waals surface area contributed by atoms with Gasteiger partial charge in [-0.15, -0.1) is 0 Å². The maximum Gasteiger partial charge on any atom is 0.123 e. The molecule has 25 heavy (non-hydrogen) atoms. The quantitative estimate of drug-likeness (QED) is 0.695. The Morgan fingerprint density at radius 2 is 1.96 bits per heavy atom. The SMILES string of the molecule is CCC[C@H](O)CN(Cc1cccn1Cc1cccc(F)c1)CC(C)C. The summed E-state index contributed by atoms with van der Waals surface area (Å²) in [6.07, 6.45) is 3.58. The number of hydrogen-bond donors (Lipinski definition) is 1. The summed E-state index contributed by atoms with van der Waals surface area (Å²) >= 11 is 0. The fraction of sp³-hybridized carbons (Fsp3) is 0.524. The fourth-order valence-electron chi connectivity index (χ4n) is 3.25. The second-order valence-corrected chi connectivity index (χ2v) is 7.29. The third-order valence-electron chi connectivity index (χ3n) is 4.27. The Bertz CT molecular complexity index is 638. The molecular formula is C21H31FN2O. The molecule has 2 aromatic rings. The molecule has 3 nitrogen and oxygen atoms in total. The van der Waals surface area contributed by atoms with Crippen molar-refractivity contribution in [2.75, 3.05) is 13.1 Å². The third-order valence-corrected chi connectivity index (χ3v) is 4.27. The summed E-state index contributed by atoms with van der Waals surface area (Å²) in [5.74, 6) is 0.343. The molecule has 1 heterocycles. The highest BCUT2D eigenvalue weighted by Crippen LogP contribution is 2.14. The molecule has 0 spiro atoms. The second kappa shape index (κ2) is 9.73.